The van der Waals surface area contributed by atoms with Crippen molar-refractivity contribution in [3.8, 4) is 0 Å². The fourth-order valence-corrected chi connectivity index (χ4v) is 2.51. The number of carboxylic acids is 1. The molecule has 3 atom stereocenters. The second-order valence-corrected chi connectivity index (χ2v) is 5.24. The molecule has 0 radical (unpaired) electrons. The smallest absolute Gasteiger partial charge is 0.326 e. The van der Waals surface area contributed by atoms with E-state index >= 15 is 0 Å². The highest BCUT2D eigenvalue weighted by atomic mass is 19.1. The monoisotopic (exact) mass is 304 g/mol. The third kappa shape index (κ3) is 4.66. The topological polar surface area (TPSA) is 98.2 Å². The molecule has 21 heavy (non-hydrogen) atoms. The van der Waals surface area contributed by atoms with Gasteiger partial charge in [0.15, 0.2) is 0 Å². The molecule has 0 bridgehead atoms. The van der Waals surface area contributed by atoms with Crippen LogP contribution in [0, 0.1) is 5.92 Å². The SMILES string of the molecule is CCCC[C@H](CN(O)C=O)C(=O)N1CC(F)CC1C(=O)O. The number of amides is 2. The fourth-order valence-electron chi connectivity index (χ4n) is 2.51. The molecule has 1 heterocycles. The van der Waals surface area contributed by atoms with Crippen molar-refractivity contribution >= 4 is 18.3 Å². The zero-order valence-corrected chi connectivity index (χ0v) is 11.9. The summed E-state index contributed by atoms with van der Waals surface area (Å²) < 4.78 is 13.4. The molecule has 1 rings (SSSR count). The molecule has 1 fully saturated rings. The minimum atomic E-state index is -1.36. The molecule has 2 amide bonds. The third-order valence-corrected chi connectivity index (χ3v) is 3.60. The maximum absolute atomic E-state index is 13.4. The van der Waals surface area contributed by atoms with Gasteiger partial charge >= 0.3 is 5.97 Å². The normalized spacial score (nSPS) is 22.9. The summed E-state index contributed by atoms with van der Waals surface area (Å²) in [5, 5.41) is 18.7. The number of rotatable bonds is 8. The molecule has 0 aromatic carbocycles. The van der Waals surface area contributed by atoms with Gasteiger partial charge in [-0.1, -0.05) is 19.8 Å². The lowest BCUT2D eigenvalue weighted by Gasteiger charge is -2.27. The van der Waals surface area contributed by atoms with Gasteiger partial charge in [0.1, 0.15) is 12.2 Å². The molecule has 0 aromatic rings. The van der Waals surface area contributed by atoms with Gasteiger partial charge in [0, 0.05) is 6.42 Å². The average Bonchev–Trinajstić information content (AvgIpc) is 2.84. The molecule has 0 aliphatic carbocycles. The summed E-state index contributed by atoms with van der Waals surface area (Å²) in [6, 6.07) is -1.18. The zero-order chi connectivity index (χ0) is 16.0. The average molecular weight is 304 g/mol. The van der Waals surface area contributed by atoms with Gasteiger partial charge in [-0.25, -0.2) is 14.2 Å². The number of carboxylic acid groups (broad SMARTS) is 1. The van der Waals surface area contributed by atoms with Crippen molar-refractivity contribution < 1.29 is 29.1 Å². The van der Waals surface area contributed by atoms with Gasteiger partial charge < -0.3 is 10.0 Å². The highest BCUT2D eigenvalue weighted by molar-refractivity contribution is 5.86. The van der Waals surface area contributed by atoms with Crippen LogP contribution >= 0.6 is 0 Å². The molecule has 0 spiro atoms. The number of aliphatic carboxylic acids is 1. The lowest BCUT2D eigenvalue weighted by Crippen LogP contribution is -2.46. The summed E-state index contributed by atoms with van der Waals surface area (Å²) in [5.74, 6) is -2.50. The second-order valence-electron chi connectivity index (χ2n) is 5.24. The summed E-state index contributed by atoms with van der Waals surface area (Å²) in [7, 11) is 0. The van der Waals surface area contributed by atoms with Gasteiger partial charge in [-0.15, -0.1) is 0 Å². The Labute approximate surface area is 122 Å². The van der Waals surface area contributed by atoms with Crippen molar-refractivity contribution in [3.63, 3.8) is 0 Å². The maximum atomic E-state index is 13.4. The summed E-state index contributed by atoms with van der Waals surface area (Å²) >= 11 is 0. The summed E-state index contributed by atoms with van der Waals surface area (Å²) in [6.45, 7) is 1.44. The maximum Gasteiger partial charge on any atom is 0.326 e. The Kier molecular flexibility index (Phi) is 6.54. The Bertz CT molecular complexity index is 393. The van der Waals surface area contributed by atoms with Crippen LogP contribution in [0.3, 0.4) is 0 Å². The number of unbranched alkanes of at least 4 members (excludes halogenated alkanes) is 1. The van der Waals surface area contributed by atoms with E-state index in [1.165, 1.54) is 0 Å². The van der Waals surface area contributed by atoms with Crippen LogP contribution in [0.1, 0.15) is 32.6 Å². The number of hydroxylamine groups is 2. The van der Waals surface area contributed by atoms with Crippen molar-refractivity contribution in [2.75, 3.05) is 13.1 Å². The number of hydrogen-bond donors (Lipinski definition) is 2. The van der Waals surface area contributed by atoms with E-state index in [1.807, 2.05) is 6.92 Å². The van der Waals surface area contributed by atoms with E-state index in [9.17, 15) is 24.0 Å². The van der Waals surface area contributed by atoms with Crippen LogP contribution in [0.25, 0.3) is 0 Å². The number of likely N-dealkylation sites (tertiary alicyclic amines) is 1. The standard InChI is InChI=1S/C13H21FN2O5/c1-2-3-4-9(6-15(21)8-17)12(18)16-7-10(14)5-11(16)13(19)20/h8-11,21H,2-7H2,1H3,(H,19,20)/t9-,10?,11?/m1/s1. The van der Waals surface area contributed by atoms with E-state index in [0.29, 0.717) is 17.9 Å². The lowest BCUT2D eigenvalue weighted by atomic mass is 10.00. The van der Waals surface area contributed by atoms with E-state index in [0.717, 1.165) is 11.3 Å². The van der Waals surface area contributed by atoms with Crippen molar-refractivity contribution in [2.45, 2.75) is 44.8 Å². The van der Waals surface area contributed by atoms with Crippen molar-refractivity contribution in [3.05, 3.63) is 0 Å². The molecule has 1 saturated heterocycles. The fraction of sp³-hybridized carbons (Fsp3) is 0.769. The molecule has 1 aliphatic heterocycles. The Balaban J connectivity index is 2.82. The van der Waals surface area contributed by atoms with Crippen LogP contribution in [0.2, 0.25) is 0 Å². The van der Waals surface area contributed by atoms with E-state index in [2.05, 4.69) is 0 Å². The van der Waals surface area contributed by atoms with E-state index < -0.39 is 30.0 Å². The Morgan fingerprint density at radius 1 is 1.52 bits per heavy atom. The first-order valence-electron chi connectivity index (χ1n) is 6.98. The number of hydrogen-bond acceptors (Lipinski definition) is 4. The highest BCUT2D eigenvalue weighted by Gasteiger charge is 2.41. The molecule has 2 N–H and O–H groups in total. The van der Waals surface area contributed by atoms with Gasteiger partial charge in [-0.2, -0.15) is 0 Å². The number of alkyl halides is 1. The number of carbonyl (C=O) groups is 3. The van der Waals surface area contributed by atoms with Gasteiger partial charge in [0.05, 0.1) is 19.0 Å². The third-order valence-electron chi connectivity index (χ3n) is 3.60. The summed E-state index contributed by atoms with van der Waals surface area (Å²) in [4.78, 5) is 35.0. The minimum Gasteiger partial charge on any atom is -0.480 e. The van der Waals surface area contributed by atoms with Crippen LogP contribution in [-0.4, -0.2) is 63.9 Å². The van der Waals surface area contributed by atoms with Crippen molar-refractivity contribution in [1.29, 1.82) is 0 Å². The van der Waals surface area contributed by atoms with Gasteiger partial charge in [-0.05, 0) is 6.42 Å². The van der Waals surface area contributed by atoms with E-state index in [1.54, 1.807) is 0 Å². The molecule has 8 heteroatoms. The van der Waals surface area contributed by atoms with Crippen LogP contribution < -0.4 is 0 Å². The lowest BCUT2D eigenvalue weighted by molar-refractivity contribution is -0.159. The number of carbonyl (C=O) groups excluding carboxylic acids is 2. The van der Waals surface area contributed by atoms with Gasteiger partial charge in [0.25, 0.3) is 0 Å². The number of halogens is 1. The summed E-state index contributed by atoms with van der Waals surface area (Å²) in [5.41, 5.74) is 0. The van der Waals surface area contributed by atoms with Crippen LogP contribution in [0.5, 0.6) is 0 Å². The Hall–Kier alpha value is -1.70. The predicted molar refractivity (Wildman–Crippen MR) is 70.2 cm³/mol. The first-order valence-corrected chi connectivity index (χ1v) is 6.98. The second kappa shape index (κ2) is 7.92. The quantitative estimate of drug-likeness (QED) is 0.390. The molecular formula is C13H21FN2O5. The molecule has 0 aromatic heterocycles. The molecule has 7 nitrogen and oxygen atoms in total. The largest absolute Gasteiger partial charge is 0.480 e. The highest BCUT2D eigenvalue weighted by Crippen LogP contribution is 2.24. The Morgan fingerprint density at radius 2 is 2.19 bits per heavy atom. The van der Waals surface area contributed by atoms with E-state index in [4.69, 9.17) is 5.11 Å². The number of nitrogens with zero attached hydrogens (tertiary/aromatic N) is 2. The predicted octanol–water partition coefficient (Wildman–Crippen LogP) is 0.664. The van der Waals surface area contributed by atoms with Crippen LogP contribution in [0.15, 0.2) is 0 Å². The van der Waals surface area contributed by atoms with Crippen molar-refractivity contribution in [1.82, 2.24) is 9.96 Å². The van der Waals surface area contributed by atoms with Crippen molar-refractivity contribution in [2.24, 2.45) is 5.92 Å². The Morgan fingerprint density at radius 3 is 2.71 bits per heavy atom. The molecule has 0 saturated carbocycles. The van der Waals surface area contributed by atoms with Gasteiger partial charge in [-0.3, -0.25) is 14.8 Å². The van der Waals surface area contributed by atoms with Crippen LogP contribution in [0.4, 0.5) is 4.39 Å². The minimum absolute atomic E-state index is 0.183. The van der Waals surface area contributed by atoms with E-state index in [-0.39, 0.29) is 25.9 Å². The molecular weight excluding hydrogens is 283 g/mol. The molecule has 1 aliphatic rings. The van der Waals surface area contributed by atoms with Crippen LogP contribution in [-0.2, 0) is 14.4 Å². The van der Waals surface area contributed by atoms with Gasteiger partial charge in [0.2, 0.25) is 12.3 Å². The zero-order valence-electron chi connectivity index (χ0n) is 11.9. The first-order chi connectivity index (χ1) is 9.90. The molecule has 2 unspecified atom stereocenters. The summed E-state index contributed by atoms with van der Waals surface area (Å²) in [6.07, 6.45) is 0.497. The first kappa shape index (κ1) is 17.4. The molecule has 120 valence electrons.